The first kappa shape index (κ1) is 8.49. The lowest BCUT2D eigenvalue weighted by Crippen LogP contribution is -2.32. The first-order valence-electron chi connectivity index (χ1n) is 4.95. The molecule has 12 heavy (non-hydrogen) atoms. The third-order valence-corrected chi connectivity index (χ3v) is 3.83. The summed E-state index contributed by atoms with van der Waals surface area (Å²) in [6.07, 6.45) is 0.998. The van der Waals surface area contributed by atoms with Crippen LogP contribution in [0.5, 0.6) is 0 Å². The van der Waals surface area contributed by atoms with Gasteiger partial charge in [0.25, 0.3) is 0 Å². The van der Waals surface area contributed by atoms with Crippen molar-refractivity contribution in [3.63, 3.8) is 0 Å². The monoisotopic (exact) mass is 171 g/mol. The van der Waals surface area contributed by atoms with Crippen molar-refractivity contribution in [3.05, 3.63) is 0 Å². The van der Waals surface area contributed by atoms with E-state index in [4.69, 9.17) is 0 Å². The second-order valence-electron chi connectivity index (χ2n) is 4.70. The molecule has 1 nitrogen and oxygen atoms in total. The minimum absolute atomic E-state index is 0.188. The SMILES string of the molecule is CN[C@@]12C[C@@H](F)C[C@@H]1[C@H]2C(C)C. The Morgan fingerprint density at radius 1 is 1.50 bits per heavy atom. The van der Waals surface area contributed by atoms with Crippen LogP contribution in [-0.4, -0.2) is 18.8 Å². The van der Waals surface area contributed by atoms with E-state index in [0.717, 1.165) is 18.8 Å². The fourth-order valence-corrected chi connectivity index (χ4v) is 3.43. The predicted octanol–water partition coefficient (Wildman–Crippen LogP) is 1.98. The van der Waals surface area contributed by atoms with Crippen molar-refractivity contribution in [3.8, 4) is 0 Å². The van der Waals surface area contributed by atoms with Crippen LogP contribution in [-0.2, 0) is 0 Å². The summed E-state index contributed by atoms with van der Waals surface area (Å²) in [6, 6.07) is 0. The number of fused-ring (bicyclic) bond motifs is 1. The Morgan fingerprint density at radius 2 is 2.17 bits per heavy atom. The van der Waals surface area contributed by atoms with Crippen LogP contribution in [0.15, 0.2) is 0 Å². The van der Waals surface area contributed by atoms with Crippen LogP contribution in [0.4, 0.5) is 4.39 Å². The summed E-state index contributed by atoms with van der Waals surface area (Å²) < 4.78 is 13.0. The van der Waals surface area contributed by atoms with Crippen molar-refractivity contribution >= 4 is 0 Å². The molecule has 0 spiro atoms. The molecule has 2 saturated carbocycles. The van der Waals surface area contributed by atoms with Crippen LogP contribution >= 0.6 is 0 Å². The lowest BCUT2D eigenvalue weighted by molar-refractivity contribution is 0.266. The maximum atomic E-state index is 13.0. The summed E-state index contributed by atoms with van der Waals surface area (Å²) in [5, 5.41) is 3.34. The van der Waals surface area contributed by atoms with Gasteiger partial charge in [-0.1, -0.05) is 13.8 Å². The van der Waals surface area contributed by atoms with Gasteiger partial charge < -0.3 is 5.32 Å². The topological polar surface area (TPSA) is 12.0 Å². The molecule has 70 valence electrons. The molecule has 2 heteroatoms. The van der Waals surface area contributed by atoms with Crippen LogP contribution in [0.3, 0.4) is 0 Å². The maximum absolute atomic E-state index is 13.0. The molecular weight excluding hydrogens is 153 g/mol. The first-order chi connectivity index (χ1) is 5.62. The molecular formula is C10H18FN. The van der Waals surface area contributed by atoms with Gasteiger partial charge in [0, 0.05) is 5.54 Å². The summed E-state index contributed by atoms with van der Waals surface area (Å²) >= 11 is 0. The van der Waals surface area contributed by atoms with Crippen LogP contribution in [0.1, 0.15) is 26.7 Å². The highest BCUT2D eigenvalue weighted by Gasteiger charge is 2.69. The third kappa shape index (κ3) is 0.875. The summed E-state index contributed by atoms with van der Waals surface area (Å²) in [4.78, 5) is 0. The van der Waals surface area contributed by atoms with E-state index in [0.29, 0.717) is 11.8 Å². The van der Waals surface area contributed by atoms with E-state index in [1.165, 1.54) is 0 Å². The molecule has 2 aliphatic carbocycles. The Labute approximate surface area is 73.7 Å². The second-order valence-corrected chi connectivity index (χ2v) is 4.70. The molecule has 0 aliphatic heterocycles. The Balaban J connectivity index is 2.09. The Hall–Kier alpha value is -0.110. The molecule has 0 heterocycles. The molecule has 2 rings (SSSR count). The van der Waals surface area contributed by atoms with Crippen molar-refractivity contribution in [1.82, 2.24) is 5.32 Å². The second kappa shape index (κ2) is 2.44. The molecule has 0 saturated heterocycles. The van der Waals surface area contributed by atoms with Gasteiger partial charge in [0.2, 0.25) is 0 Å². The highest BCUT2D eigenvalue weighted by atomic mass is 19.1. The van der Waals surface area contributed by atoms with Crippen molar-refractivity contribution in [1.29, 1.82) is 0 Å². The molecule has 0 radical (unpaired) electrons. The molecule has 2 aliphatic rings. The van der Waals surface area contributed by atoms with Gasteiger partial charge in [0.05, 0.1) is 0 Å². The van der Waals surface area contributed by atoms with Crippen LogP contribution in [0, 0.1) is 17.8 Å². The molecule has 4 atom stereocenters. The largest absolute Gasteiger partial charge is 0.314 e. The van der Waals surface area contributed by atoms with Crippen molar-refractivity contribution in [2.24, 2.45) is 17.8 Å². The summed E-state index contributed by atoms with van der Waals surface area (Å²) in [5.41, 5.74) is 0.188. The normalized spacial score (nSPS) is 51.2. The van der Waals surface area contributed by atoms with E-state index in [1.807, 2.05) is 7.05 Å². The number of hydrogen-bond donors (Lipinski definition) is 1. The summed E-state index contributed by atoms with van der Waals surface area (Å²) in [5.74, 6) is 2.06. The van der Waals surface area contributed by atoms with Gasteiger partial charge in [-0.05, 0) is 37.6 Å². The fourth-order valence-electron chi connectivity index (χ4n) is 3.43. The van der Waals surface area contributed by atoms with E-state index in [-0.39, 0.29) is 5.54 Å². The Morgan fingerprint density at radius 3 is 2.58 bits per heavy atom. The zero-order chi connectivity index (χ0) is 8.93. The predicted molar refractivity (Wildman–Crippen MR) is 47.7 cm³/mol. The minimum atomic E-state index is -0.544. The molecule has 0 aromatic rings. The lowest BCUT2D eigenvalue weighted by atomic mass is 9.98. The van der Waals surface area contributed by atoms with E-state index in [9.17, 15) is 4.39 Å². The highest BCUT2D eigenvalue weighted by molar-refractivity contribution is 5.23. The standard InChI is InChI=1S/C10H18FN/c1-6(2)9-8-4-7(11)5-10(8,9)12-3/h6-9,12H,4-5H2,1-3H3/t7-,8+,9+,10-/m0/s1. The highest BCUT2D eigenvalue weighted by Crippen LogP contribution is 2.64. The van der Waals surface area contributed by atoms with E-state index in [1.54, 1.807) is 0 Å². The molecule has 0 bridgehead atoms. The average Bonchev–Trinajstić information content (AvgIpc) is 2.47. The zero-order valence-electron chi connectivity index (χ0n) is 8.10. The van der Waals surface area contributed by atoms with Gasteiger partial charge in [0.1, 0.15) is 6.17 Å². The first-order valence-corrected chi connectivity index (χ1v) is 4.95. The molecule has 0 unspecified atom stereocenters. The molecule has 0 aromatic carbocycles. The number of rotatable bonds is 2. The fraction of sp³-hybridized carbons (Fsp3) is 1.00. The smallest absolute Gasteiger partial charge is 0.102 e. The van der Waals surface area contributed by atoms with Crippen LogP contribution < -0.4 is 5.32 Å². The van der Waals surface area contributed by atoms with Gasteiger partial charge in [0.15, 0.2) is 0 Å². The van der Waals surface area contributed by atoms with Crippen LogP contribution in [0.2, 0.25) is 0 Å². The van der Waals surface area contributed by atoms with E-state index in [2.05, 4.69) is 19.2 Å². The van der Waals surface area contributed by atoms with Crippen molar-refractivity contribution in [2.75, 3.05) is 7.05 Å². The Kier molecular flexibility index (Phi) is 1.73. The maximum Gasteiger partial charge on any atom is 0.102 e. The summed E-state index contributed by atoms with van der Waals surface area (Å²) in [7, 11) is 1.98. The molecule has 1 N–H and O–H groups in total. The van der Waals surface area contributed by atoms with Gasteiger partial charge in [-0.2, -0.15) is 0 Å². The molecule has 2 fully saturated rings. The van der Waals surface area contributed by atoms with Gasteiger partial charge >= 0.3 is 0 Å². The number of alkyl halides is 1. The minimum Gasteiger partial charge on any atom is -0.314 e. The number of halogens is 1. The lowest BCUT2D eigenvalue weighted by Gasteiger charge is -2.17. The molecule has 0 amide bonds. The summed E-state index contributed by atoms with van der Waals surface area (Å²) in [6.45, 7) is 4.49. The van der Waals surface area contributed by atoms with Crippen molar-refractivity contribution < 1.29 is 4.39 Å². The molecule has 0 aromatic heterocycles. The van der Waals surface area contributed by atoms with Gasteiger partial charge in [-0.25, -0.2) is 4.39 Å². The average molecular weight is 171 g/mol. The Bertz CT molecular complexity index is 192. The van der Waals surface area contributed by atoms with Crippen LogP contribution in [0.25, 0.3) is 0 Å². The van der Waals surface area contributed by atoms with E-state index < -0.39 is 6.17 Å². The third-order valence-electron chi connectivity index (χ3n) is 3.83. The number of hydrogen-bond acceptors (Lipinski definition) is 1. The van der Waals surface area contributed by atoms with Gasteiger partial charge in [-0.15, -0.1) is 0 Å². The van der Waals surface area contributed by atoms with Crippen molar-refractivity contribution in [2.45, 2.75) is 38.4 Å². The quantitative estimate of drug-likeness (QED) is 0.670. The number of nitrogens with one attached hydrogen (secondary N) is 1. The zero-order valence-corrected chi connectivity index (χ0v) is 8.10. The van der Waals surface area contributed by atoms with E-state index >= 15 is 0 Å². The van der Waals surface area contributed by atoms with Gasteiger partial charge in [-0.3, -0.25) is 0 Å².